The molecular weight excluding hydrogens is 222 g/mol. The van der Waals surface area contributed by atoms with E-state index < -0.39 is 0 Å². The molecule has 1 unspecified atom stereocenters. The van der Waals surface area contributed by atoms with Gasteiger partial charge in [0.05, 0.1) is 6.04 Å². The van der Waals surface area contributed by atoms with E-state index in [1.54, 1.807) is 0 Å². The molecule has 0 bridgehead atoms. The Morgan fingerprint density at radius 3 is 2.38 bits per heavy atom. The van der Waals surface area contributed by atoms with Crippen LogP contribution in [-0.4, -0.2) is 36.8 Å². The number of hydrogen-bond donors (Lipinski definition) is 4. The van der Waals surface area contributed by atoms with Gasteiger partial charge < -0.3 is 16.4 Å². The van der Waals surface area contributed by atoms with Crippen molar-refractivity contribution in [1.82, 2.24) is 10.6 Å². The maximum Gasteiger partial charge on any atom is 0.235 e. The number of carbonyl (C=O) groups excluding carboxylic acids is 1. The van der Waals surface area contributed by atoms with Crippen molar-refractivity contribution in [3.05, 3.63) is 0 Å². The average Bonchev–Trinajstić information content (AvgIpc) is 2.17. The summed E-state index contributed by atoms with van der Waals surface area (Å²) in [7, 11) is 0. The normalized spacial score (nSPS) is 15.1. The molecule has 16 heavy (non-hydrogen) atoms. The lowest BCUT2D eigenvalue weighted by atomic mass is 10.0. The zero-order valence-electron chi connectivity index (χ0n) is 10.5. The predicted octanol–water partition coefficient (Wildman–Crippen LogP) is 0.384. The first kappa shape index (κ1) is 15.7. The van der Waals surface area contributed by atoms with Crippen molar-refractivity contribution < 1.29 is 4.79 Å². The Kier molecular flexibility index (Phi) is 8.70. The van der Waals surface area contributed by atoms with Crippen molar-refractivity contribution in [3.63, 3.8) is 0 Å². The summed E-state index contributed by atoms with van der Waals surface area (Å²) in [5.74, 6) is 0.735. The van der Waals surface area contributed by atoms with E-state index in [9.17, 15) is 4.79 Å². The Morgan fingerprint density at radius 1 is 1.38 bits per heavy atom. The van der Waals surface area contributed by atoms with Crippen LogP contribution in [0, 0.1) is 5.92 Å². The van der Waals surface area contributed by atoms with Crippen LogP contribution in [0.2, 0.25) is 0 Å². The molecule has 4 N–H and O–H groups in total. The molecule has 0 fully saturated rings. The summed E-state index contributed by atoms with van der Waals surface area (Å²) in [6, 6.07) is 0.0448. The first-order valence-electron chi connectivity index (χ1n) is 5.88. The highest BCUT2D eigenvalue weighted by Gasteiger charge is 2.15. The van der Waals surface area contributed by atoms with E-state index in [0.717, 1.165) is 19.5 Å². The van der Waals surface area contributed by atoms with Gasteiger partial charge in [-0.15, -0.1) is 0 Å². The number of amides is 1. The fraction of sp³-hybridized carbons (Fsp3) is 0.909. The molecule has 0 saturated carbocycles. The second-order valence-electron chi connectivity index (χ2n) is 4.43. The molecule has 0 rings (SSSR count). The van der Waals surface area contributed by atoms with Crippen LogP contribution in [0.15, 0.2) is 0 Å². The van der Waals surface area contributed by atoms with Crippen molar-refractivity contribution >= 4 is 18.5 Å². The second kappa shape index (κ2) is 8.84. The van der Waals surface area contributed by atoms with E-state index in [4.69, 9.17) is 5.73 Å². The zero-order chi connectivity index (χ0) is 12.6. The summed E-state index contributed by atoms with van der Waals surface area (Å²) in [5.41, 5.74) is 5.24. The summed E-state index contributed by atoms with van der Waals surface area (Å²) in [5, 5.41) is 6.54. The smallest absolute Gasteiger partial charge is 0.235 e. The van der Waals surface area contributed by atoms with Crippen molar-refractivity contribution in [1.29, 1.82) is 0 Å². The number of likely N-dealkylation sites (N-methyl/N-ethyl adjacent to an activating group) is 1. The highest BCUT2D eigenvalue weighted by Crippen LogP contribution is 2.04. The van der Waals surface area contributed by atoms with Gasteiger partial charge in [-0.1, -0.05) is 20.8 Å². The van der Waals surface area contributed by atoms with Gasteiger partial charge in [0.25, 0.3) is 0 Å². The van der Waals surface area contributed by atoms with Crippen LogP contribution in [-0.2, 0) is 4.79 Å². The Balaban J connectivity index is 4.03. The number of nitrogens with two attached hydrogens (primary N) is 1. The molecule has 2 atom stereocenters. The fourth-order valence-electron chi connectivity index (χ4n) is 1.64. The van der Waals surface area contributed by atoms with Crippen LogP contribution >= 0.6 is 12.6 Å². The lowest BCUT2D eigenvalue weighted by molar-refractivity contribution is -0.119. The van der Waals surface area contributed by atoms with Crippen molar-refractivity contribution in [2.75, 3.05) is 18.8 Å². The Labute approximate surface area is 104 Å². The van der Waals surface area contributed by atoms with Gasteiger partial charge in [0.2, 0.25) is 5.91 Å². The topological polar surface area (TPSA) is 67.2 Å². The number of thiol groups is 1. The van der Waals surface area contributed by atoms with E-state index >= 15 is 0 Å². The highest BCUT2D eigenvalue weighted by atomic mass is 32.1. The zero-order valence-corrected chi connectivity index (χ0v) is 11.4. The molecule has 0 aromatic rings. The summed E-state index contributed by atoms with van der Waals surface area (Å²) in [6.07, 6.45) is 1.08. The SMILES string of the molecule is CCN[C@H](CNC(CS)C(N)=O)CC(C)C. The number of rotatable bonds is 9. The van der Waals surface area contributed by atoms with Crippen molar-refractivity contribution in [3.8, 4) is 0 Å². The fourth-order valence-corrected chi connectivity index (χ4v) is 1.95. The van der Waals surface area contributed by atoms with Gasteiger partial charge in [0.15, 0.2) is 0 Å². The number of carbonyl (C=O) groups is 1. The third kappa shape index (κ3) is 7.09. The minimum absolute atomic E-state index is 0.336. The summed E-state index contributed by atoms with van der Waals surface area (Å²) >= 11 is 4.10. The molecule has 4 nitrogen and oxygen atoms in total. The van der Waals surface area contributed by atoms with E-state index in [-0.39, 0.29) is 11.9 Å². The molecule has 0 spiro atoms. The summed E-state index contributed by atoms with van der Waals surface area (Å²) in [6.45, 7) is 8.14. The Bertz CT molecular complexity index is 200. The minimum atomic E-state index is -0.338. The summed E-state index contributed by atoms with van der Waals surface area (Å²) < 4.78 is 0. The maximum absolute atomic E-state index is 11.0. The lowest BCUT2D eigenvalue weighted by Crippen LogP contribution is -2.48. The number of primary amides is 1. The van der Waals surface area contributed by atoms with E-state index in [1.807, 2.05) is 0 Å². The molecule has 0 aliphatic heterocycles. The second-order valence-corrected chi connectivity index (χ2v) is 4.80. The first-order valence-corrected chi connectivity index (χ1v) is 6.51. The van der Waals surface area contributed by atoms with Gasteiger partial charge >= 0.3 is 0 Å². The Hall–Kier alpha value is -0.260. The quantitative estimate of drug-likeness (QED) is 0.446. The standard InChI is InChI=1S/C11H25N3OS/c1-4-13-9(5-8(2)3)6-14-10(7-16)11(12)15/h8-10,13-14,16H,4-7H2,1-3H3,(H2,12,15)/t9-,10?/m0/s1. The van der Waals surface area contributed by atoms with Crippen molar-refractivity contribution in [2.24, 2.45) is 11.7 Å². The minimum Gasteiger partial charge on any atom is -0.368 e. The molecule has 0 saturated heterocycles. The largest absolute Gasteiger partial charge is 0.368 e. The van der Waals surface area contributed by atoms with Crippen LogP contribution in [0.4, 0.5) is 0 Å². The van der Waals surface area contributed by atoms with Gasteiger partial charge in [-0.05, 0) is 18.9 Å². The molecular formula is C11H25N3OS. The molecule has 1 amide bonds. The van der Waals surface area contributed by atoms with E-state index in [1.165, 1.54) is 0 Å². The van der Waals surface area contributed by atoms with E-state index in [0.29, 0.717) is 17.7 Å². The first-order chi connectivity index (χ1) is 7.51. The van der Waals surface area contributed by atoms with Gasteiger partial charge in [-0.3, -0.25) is 4.79 Å². The number of nitrogens with one attached hydrogen (secondary N) is 2. The van der Waals surface area contributed by atoms with Crippen LogP contribution in [0.3, 0.4) is 0 Å². The van der Waals surface area contributed by atoms with Crippen LogP contribution in [0.1, 0.15) is 27.2 Å². The van der Waals surface area contributed by atoms with Gasteiger partial charge in [-0.25, -0.2) is 0 Å². The van der Waals surface area contributed by atoms with Crippen LogP contribution in [0.5, 0.6) is 0 Å². The average molecular weight is 247 g/mol. The third-order valence-corrected chi connectivity index (χ3v) is 2.75. The van der Waals surface area contributed by atoms with Crippen molar-refractivity contribution in [2.45, 2.75) is 39.3 Å². The van der Waals surface area contributed by atoms with Crippen LogP contribution in [0.25, 0.3) is 0 Å². The Morgan fingerprint density at radius 2 is 2.00 bits per heavy atom. The van der Waals surface area contributed by atoms with E-state index in [2.05, 4.69) is 44.0 Å². The molecule has 0 aromatic carbocycles. The number of hydrogen-bond acceptors (Lipinski definition) is 4. The van der Waals surface area contributed by atoms with Crippen LogP contribution < -0.4 is 16.4 Å². The van der Waals surface area contributed by atoms with Gasteiger partial charge in [0.1, 0.15) is 0 Å². The molecule has 0 heterocycles. The molecule has 5 heteroatoms. The third-order valence-electron chi connectivity index (χ3n) is 2.39. The lowest BCUT2D eigenvalue weighted by Gasteiger charge is -2.22. The molecule has 0 aliphatic rings. The molecule has 0 aromatic heterocycles. The molecule has 0 aliphatic carbocycles. The maximum atomic E-state index is 11.0. The monoisotopic (exact) mass is 247 g/mol. The summed E-state index contributed by atoms with van der Waals surface area (Å²) in [4.78, 5) is 11.0. The predicted molar refractivity (Wildman–Crippen MR) is 71.8 cm³/mol. The molecule has 0 radical (unpaired) electrons. The highest BCUT2D eigenvalue weighted by molar-refractivity contribution is 7.80. The van der Waals surface area contributed by atoms with Gasteiger partial charge in [0, 0.05) is 18.3 Å². The molecule has 96 valence electrons. The van der Waals surface area contributed by atoms with Gasteiger partial charge in [-0.2, -0.15) is 12.6 Å².